The predicted octanol–water partition coefficient (Wildman–Crippen LogP) is 1.13. The number of hydrogen-bond donors (Lipinski definition) is 3. The predicted molar refractivity (Wildman–Crippen MR) is 96.7 cm³/mol. The molecule has 8 heteroatoms. The van der Waals surface area contributed by atoms with Crippen LogP contribution in [-0.4, -0.2) is 36.7 Å². The van der Waals surface area contributed by atoms with Gasteiger partial charge in [-0.05, 0) is 29.8 Å². The maximum atomic E-state index is 12.1. The molecule has 0 radical (unpaired) electrons. The largest absolute Gasteiger partial charge is 0.394 e. The van der Waals surface area contributed by atoms with Gasteiger partial charge in [0, 0.05) is 29.7 Å². The average molecular weight is 349 g/mol. The van der Waals surface area contributed by atoms with Crippen molar-refractivity contribution in [1.82, 2.24) is 25.0 Å². The molecular weight excluding hydrogens is 334 g/mol. The molecule has 3 aromatic heterocycles. The van der Waals surface area contributed by atoms with Crippen LogP contribution in [0, 0.1) is 0 Å². The summed E-state index contributed by atoms with van der Waals surface area (Å²) in [5.41, 5.74) is 2.41. The van der Waals surface area contributed by atoms with E-state index in [1.54, 1.807) is 35.3 Å². The highest BCUT2D eigenvalue weighted by atomic mass is 16.3. The fourth-order valence-corrected chi connectivity index (χ4v) is 2.92. The van der Waals surface area contributed by atoms with Crippen molar-refractivity contribution in [2.75, 3.05) is 6.61 Å². The van der Waals surface area contributed by atoms with Gasteiger partial charge in [0.2, 0.25) is 0 Å². The van der Waals surface area contributed by atoms with Crippen LogP contribution in [0.25, 0.3) is 33.2 Å². The Hall–Kier alpha value is -3.52. The summed E-state index contributed by atoms with van der Waals surface area (Å²) in [5, 5.41) is 19.0. The minimum atomic E-state index is -0.366. The molecule has 8 nitrogen and oxygen atoms in total. The molecule has 0 aliphatic heterocycles. The highest BCUT2D eigenvalue weighted by Gasteiger charge is 2.14. The molecule has 26 heavy (non-hydrogen) atoms. The van der Waals surface area contributed by atoms with E-state index in [9.17, 15) is 14.7 Å². The van der Waals surface area contributed by atoms with E-state index in [-0.39, 0.29) is 17.7 Å². The molecule has 0 unspecified atom stereocenters. The number of H-pyrrole nitrogens is 2. The zero-order valence-electron chi connectivity index (χ0n) is 13.6. The van der Waals surface area contributed by atoms with Crippen LogP contribution in [0.1, 0.15) is 0 Å². The van der Waals surface area contributed by atoms with E-state index < -0.39 is 0 Å². The second kappa shape index (κ2) is 6.41. The first kappa shape index (κ1) is 16.0. The average Bonchev–Trinajstić information content (AvgIpc) is 3.09. The number of pyridine rings is 1. The van der Waals surface area contributed by atoms with Crippen molar-refractivity contribution in [3.05, 3.63) is 69.6 Å². The summed E-state index contributed by atoms with van der Waals surface area (Å²) in [6, 6.07) is 8.76. The molecule has 1 aromatic carbocycles. The van der Waals surface area contributed by atoms with E-state index in [2.05, 4.69) is 20.3 Å². The number of rotatable bonds is 4. The lowest BCUT2D eigenvalue weighted by molar-refractivity contribution is 0.269. The molecule has 0 fully saturated rings. The number of fused-ring (bicyclic) bond motifs is 1. The molecule has 0 aliphatic rings. The van der Waals surface area contributed by atoms with Crippen LogP contribution in [0.2, 0.25) is 0 Å². The van der Waals surface area contributed by atoms with Crippen molar-refractivity contribution in [1.29, 1.82) is 0 Å². The van der Waals surface area contributed by atoms with Crippen LogP contribution in [-0.2, 0) is 6.54 Å². The molecule has 4 rings (SSSR count). The van der Waals surface area contributed by atoms with Crippen LogP contribution >= 0.6 is 0 Å². The van der Waals surface area contributed by atoms with Crippen molar-refractivity contribution in [2.24, 2.45) is 0 Å². The summed E-state index contributed by atoms with van der Waals surface area (Å²) >= 11 is 0. The number of nitrogens with zero attached hydrogens (tertiary/aromatic N) is 3. The highest BCUT2D eigenvalue weighted by molar-refractivity contribution is 5.89. The monoisotopic (exact) mass is 349 g/mol. The third kappa shape index (κ3) is 2.72. The van der Waals surface area contributed by atoms with E-state index in [1.165, 1.54) is 0 Å². The van der Waals surface area contributed by atoms with Gasteiger partial charge in [-0.15, -0.1) is 0 Å². The topological polar surface area (TPSA) is 117 Å². The number of aromatic nitrogens is 5. The number of aliphatic hydroxyl groups is 1. The Balaban J connectivity index is 1.95. The van der Waals surface area contributed by atoms with E-state index in [0.717, 1.165) is 16.7 Å². The Bertz CT molecular complexity index is 1190. The quantitative estimate of drug-likeness (QED) is 0.511. The number of benzene rings is 1. The Morgan fingerprint density at radius 3 is 2.42 bits per heavy atom. The van der Waals surface area contributed by atoms with Crippen molar-refractivity contribution in [3.8, 4) is 22.4 Å². The van der Waals surface area contributed by atoms with E-state index in [0.29, 0.717) is 23.0 Å². The normalized spacial score (nSPS) is 11.1. The van der Waals surface area contributed by atoms with E-state index in [1.807, 2.05) is 18.3 Å². The molecule has 3 N–H and O–H groups in total. The van der Waals surface area contributed by atoms with Crippen molar-refractivity contribution in [3.63, 3.8) is 0 Å². The molecule has 0 aliphatic carbocycles. The molecule has 0 atom stereocenters. The lowest BCUT2D eigenvalue weighted by atomic mass is 10.0. The smallest absolute Gasteiger partial charge is 0.270 e. The van der Waals surface area contributed by atoms with Gasteiger partial charge in [-0.3, -0.25) is 29.5 Å². The second-order valence-corrected chi connectivity index (χ2v) is 5.78. The van der Waals surface area contributed by atoms with Crippen LogP contribution in [0.5, 0.6) is 0 Å². The summed E-state index contributed by atoms with van der Waals surface area (Å²) in [5.74, 6) is 0. The van der Waals surface area contributed by atoms with E-state index >= 15 is 0 Å². The van der Waals surface area contributed by atoms with Crippen LogP contribution in [0.15, 0.2) is 58.5 Å². The molecule has 3 heterocycles. The Morgan fingerprint density at radius 1 is 0.962 bits per heavy atom. The van der Waals surface area contributed by atoms with Gasteiger partial charge >= 0.3 is 0 Å². The second-order valence-electron chi connectivity index (χ2n) is 5.78. The van der Waals surface area contributed by atoms with Gasteiger partial charge < -0.3 is 5.11 Å². The third-order valence-corrected chi connectivity index (χ3v) is 4.15. The SMILES string of the molecule is O=c1[nH][nH]c(=O)c2cc(-c3cn(CCO)nc3-c3ccncc3)ccc12. The standard InChI is InChI=1S/C18H15N5O3/c24-8-7-23-10-15(16(22-23)11-3-5-19-6-4-11)12-1-2-13-14(9-12)18(26)21-20-17(13)25/h1-6,9-10,24H,7-8H2,(H,20,25)(H,21,26). The van der Waals surface area contributed by atoms with Gasteiger partial charge in [0.1, 0.15) is 5.69 Å². The van der Waals surface area contributed by atoms with Gasteiger partial charge in [-0.25, -0.2) is 0 Å². The summed E-state index contributed by atoms with van der Waals surface area (Å²) in [7, 11) is 0. The molecular formula is C18H15N5O3. The zero-order chi connectivity index (χ0) is 18.1. The Labute approximate surface area is 146 Å². The van der Waals surface area contributed by atoms with Crippen molar-refractivity contribution < 1.29 is 5.11 Å². The van der Waals surface area contributed by atoms with Gasteiger partial charge in [0.25, 0.3) is 11.1 Å². The fraction of sp³-hybridized carbons (Fsp3) is 0.111. The molecule has 0 saturated carbocycles. The summed E-state index contributed by atoms with van der Waals surface area (Å²) in [6.07, 6.45) is 5.16. The third-order valence-electron chi connectivity index (χ3n) is 4.15. The molecule has 130 valence electrons. The molecule has 0 amide bonds. The fourth-order valence-electron chi connectivity index (χ4n) is 2.92. The minimum Gasteiger partial charge on any atom is -0.394 e. The number of nitrogens with one attached hydrogen (secondary N) is 2. The summed E-state index contributed by atoms with van der Waals surface area (Å²) in [4.78, 5) is 28.0. The van der Waals surface area contributed by atoms with Crippen molar-refractivity contribution >= 4 is 10.8 Å². The van der Waals surface area contributed by atoms with Gasteiger partial charge in [-0.1, -0.05) is 6.07 Å². The maximum absolute atomic E-state index is 12.1. The molecule has 4 aromatic rings. The zero-order valence-corrected chi connectivity index (χ0v) is 13.6. The maximum Gasteiger partial charge on any atom is 0.270 e. The van der Waals surface area contributed by atoms with Crippen LogP contribution in [0.3, 0.4) is 0 Å². The minimum absolute atomic E-state index is 0.0380. The number of aliphatic hydroxyl groups excluding tert-OH is 1. The van der Waals surface area contributed by atoms with Gasteiger partial charge in [0.15, 0.2) is 0 Å². The number of hydrogen-bond acceptors (Lipinski definition) is 5. The van der Waals surface area contributed by atoms with E-state index in [4.69, 9.17) is 0 Å². The van der Waals surface area contributed by atoms with Crippen molar-refractivity contribution in [2.45, 2.75) is 6.54 Å². The van der Waals surface area contributed by atoms with Gasteiger partial charge in [0.05, 0.1) is 23.9 Å². The molecule has 0 saturated heterocycles. The first-order chi connectivity index (χ1) is 12.7. The van der Waals surface area contributed by atoms with Crippen LogP contribution < -0.4 is 11.1 Å². The molecule has 0 spiro atoms. The lowest BCUT2D eigenvalue weighted by Gasteiger charge is -2.04. The Morgan fingerprint density at radius 2 is 1.69 bits per heavy atom. The first-order valence-electron chi connectivity index (χ1n) is 8.01. The summed E-state index contributed by atoms with van der Waals surface area (Å²) in [6.45, 7) is 0.315. The highest BCUT2D eigenvalue weighted by Crippen LogP contribution is 2.31. The lowest BCUT2D eigenvalue weighted by Crippen LogP contribution is -2.18. The first-order valence-corrected chi connectivity index (χ1v) is 8.01. The van der Waals surface area contributed by atoms with Gasteiger partial charge in [-0.2, -0.15) is 5.10 Å². The van der Waals surface area contributed by atoms with Crippen LogP contribution in [0.4, 0.5) is 0 Å². The molecule has 0 bridgehead atoms. The Kier molecular flexibility index (Phi) is 3.94. The summed E-state index contributed by atoms with van der Waals surface area (Å²) < 4.78 is 1.65. The number of aromatic amines is 2.